The van der Waals surface area contributed by atoms with Crippen LogP contribution in [0.15, 0.2) is 30.3 Å². The highest BCUT2D eigenvalue weighted by Crippen LogP contribution is 2.29. The third-order valence-electron chi connectivity index (χ3n) is 3.90. The van der Waals surface area contributed by atoms with Crippen molar-refractivity contribution in [3.63, 3.8) is 0 Å². The Bertz CT molecular complexity index is 576. The van der Waals surface area contributed by atoms with Gasteiger partial charge in [0.15, 0.2) is 0 Å². The highest BCUT2D eigenvalue weighted by Gasteiger charge is 2.18. The summed E-state index contributed by atoms with van der Waals surface area (Å²) < 4.78 is 6.17. The summed E-state index contributed by atoms with van der Waals surface area (Å²) >= 11 is 0. The Hall–Kier alpha value is -1.61. The number of hydrogen-bond donors (Lipinski definition) is 1. The third-order valence-corrected chi connectivity index (χ3v) is 3.90. The number of nitrogens with one attached hydrogen (secondary N) is 1. The molecule has 3 nitrogen and oxygen atoms in total. The zero-order chi connectivity index (χ0) is 13.8. The zero-order valence-electron chi connectivity index (χ0n) is 12.1. The standard InChI is InChI=1S/C17H22N2O/c1-2-18-12-14-11-13-7-3-6-10-16(13)17(19-14)20-15-8-4-5-9-15/h3,6-7,10-11,15,18H,2,4-5,8-9,12H2,1H3. The third kappa shape index (κ3) is 2.93. The van der Waals surface area contributed by atoms with Crippen molar-refractivity contribution in [1.82, 2.24) is 10.3 Å². The van der Waals surface area contributed by atoms with Crippen LogP contribution in [-0.2, 0) is 6.54 Å². The average Bonchev–Trinajstić information content (AvgIpc) is 2.98. The number of nitrogens with zero attached hydrogens (tertiary/aromatic N) is 1. The number of pyridine rings is 1. The molecule has 0 spiro atoms. The van der Waals surface area contributed by atoms with Gasteiger partial charge in [-0.3, -0.25) is 0 Å². The summed E-state index contributed by atoms with van der Waals surface area (Å²) in [5, 5.41) is 5.67. The van der Waals surface area contributed by atoms with E-state index in [1.165, 1.54) is 18.2 Å². The average molecular weight is 270 g/mol. The SMILES string of the molecule is CCNCc1cc2ccccc2c(OC2CCCC2)n1. The van der Waals surface area contributed by atoms with Gasteiger partial charge in [-0.1, -0.05) is 25.1 Å². The Labute approximate surface area is 120 Å². The lowest BCUT2D eigenvalue weighted by molar-refractivity contribution is 0.204. The maximum atomic E-state index is 6.17. The number of hydrogen-bond acceptors (Lipinski definition) is 3. The maximum Gasteiger partial charge on any atom is 0.221 e. The fourth-order valence-electron chi connectivity index (χ4n) is 2.82. The van der Waals surface area contributed by atoms with E-state index in [-0.39, 0.29) is 0 Å². The molecule has 1 N–H and O–H groups in total. The largest absolute Gasteiger partial charge is 0.474 e. The molecule has 1 aromatic heterocycles. The van der Waals surface area contributed by atoms with Gasteiger partial charge in [-0.25, -0.2) is 4.98 Å². The quantitative estimate of drug-likeness (QED) is 0.900. The lowest BCUT2D eigenvalue weighted by Gasteiger charge is -2.15. The summed E-state index contributed by atoms with van der Waals surface area (Å²) in [6.45, 7) is 3.85. The minimum atomic E-state index is 0.347. The predicted octanol–water partition coefficient (Wildman–Crippen LogP) is 3.67. The molecular formula is C17H22N2O. The second kappa shape index (κ2) is 6.23. The lowest BCUT2D eigenvalue weighted by Crippen LogP contribution is -2.15. The van der Waals surface area contributed by atoms with Crippen LogP contribution in [0, 0.1) is 0 Å². The Morgan fingerprint density at radius 1 is 1.25 bits per heavy atom. The van der Waals surface area contributed by atoms with E-state index in [2.05, 4.69) is 42.6 Å². The molecule has 2 aromatic rings. The molecule has 0 radical (unpaired) electrons. The second-order valence-electron chi connectivity index (χ2n) is 5.44. The van der Waals surface area contributed by atoms with E-state index < -0.39 is 0 Å². The molecule has 106 valence electrons. The van der Waals surface area contributed by atoms with Gasteiger partial charge in [0, 0.05) is 11.9 Å². The first-order valence-corrected chi connectivity index (χ1v) is 7.63. The summed E-state index contributed by atoms with van der Waals surface area (Å²) in [5.74, 6) is 0.808. The van der Waals surface area contributed by atoms with Crippen LogP contribution in [0.25, 0.3) is 10.8 Å². The summed E-state index contributed by atoms with van der Waals surface area (Å²) in [7, 11) is 0. The van der Waals surface area contributed by atoms with Gasteiger partial charge in [0.1, 0.15) is 6.10 Å². The molecule has 20 heavy (non-hydrogen) atoms. The smallest absolute Gasteiger partial charge is 0.221 e. The normalized spacial score (nSPS) is 15.8. The highest BCUT2D eigenvalue weighted by atomic mass is 16.5. The van der Waals surface area contributed by atoms with Gasteiger partial charge in [0.05, 0.1) is 5.69 Å². The topological polar surface area (TPSA) is 34.1 Å². The maximum absolute atomic E-state index is 6.17. The molecule has 0 aliphatic heterocycles. The van der Waals surface area contributed by atoms with E-state index in [0.717, 1.165) is 42.9 Å². The molecule has 3 heteroatoms. The molecule has 1 aromatic carbocycles. The van der Waals surface area contributed by atoms with E-state index in [1.54, 1.807) is 0 Å². The van der Waals surface area contributed by atoms with Crippen LogP contribution in [0.5, 0.6) is 5.88 Å². The summed E-state index contributed by atoms with van der Waals surface area (Å²) in [6, 6.07) is 10.5. The fourth-order valence-corrected chi connectivity index (χ4v) is 2.82. The number of aromatic nitrogens is 1. The van der Waals surface area contributed by atoms with Crippen molar-refractivity contribution in [2.75, 3.05) is 6.54 Å². The molecule has 1 heterocycles. The summed E-state index contributed by atoms with van der Waals surface area (Å²) in [6.07, 6.45) is 5.22. The van der Waals surface area contributed by atoms with Gasteiger partial charge in [-0.2, -0.15) is 0 Å². The van der Waals surface area contributed by atoms with Crippen LogP contribution < -0.4 is 10.1 Å². The fraction of sp³-hybridized carbons (Fsp3) is 0.471. The molecule has 0 saturated heterocycles. The van der Waals surface area contributed by atoms with Crippen LogP contribution in [0.4, 0.5) is 0 Å². The van der Waals surface area contributed by atoms with Crippen molar-refractivity contribution in [3.05, 3.63) is 36.0 Å². The molecule has 1 fully saturated rings. The Balaban J connectivity index is 1.93. The minimum absolute atomic E-state index is 0.347. The molecule has 0 bridgehead atoms. The molecule has 1 aliphatic carbocycles. The Kier molecular flexibility index (Phi) is 4.16. The molecule has 3 rings (SSSR count). The Morgan fingerprint density at radius 3 is 2.85 bits per heavy atom. The highest BCUT2D eigenvalue weighted by molar-refractivity contribution is 5.87. The van der Waals surface area contributed by atoms with Crippen molar-refractivity contribution in [2.24, 2.45) is 0 Å². The van der Waals surface area contributed by atoms with Crippen LogP contribution in [0.1, 0.15) is 38.3 Å². The molecule has 0 atom stereocenters. The molecule has 0 unspecified atom stereocenters. The van der Waals surface area contributed by atoms with Gasteiger partial charge in [0.2, 0.25) is 5.88 Å². The minimum Gasteiger partial charge on any atom is -0.474 e. The van der Waals surface area contributed by atoms with Gasteiger partial charge < -0.3 is 10.1 Å². The van der Waals surface area contributed by atoms with Crippen molar-refractivity contribution in [3.8, 4) is 5.88 Å². The first-order valence-electron chi connectivity index (χ1n) is 7.63. The van der Waals surface area contributed by atoms with Crippen LogP contribution >= 0.6 is 0 Å². The number of benzene rings is 1. The van der Waals surface area contributed by atoms with Crippen molar-refractivity contribution in [2.45, 2.75) is 45.3 Å². The Morgan fingerprint density at radius 2 is 2.05 bits per heavy atom. The van der Waals surface area contributed by atoms with E-state index in [9.17, 15) is 0 Å². The van der Waals surface area contributed by atoms with Crippen molar-refractivity contribution < 1.29 is 4.74 Å². The van der Waals surface area contributed by atoms with Gasteiger partial charge in [-0.15, -0.1) is 0 Å². The van der Waals surface area contributed by atoms with Gasteiger partial charge in [0.25, 0.3) is 0 Å². The summed E-state index contributed by atoms with van der Waals surface area (Å²) in [4.78, 5) is 4.72. The number of fused-ring (bicyclic) bond motifs is 1. The van der Waals surface area contributed by atoms with E-state index in [0.29, 0.717) is 6.10 Å². The second-order valence-corrected chi connectivity index (χ2v) is 5.44. The van der Waals surface area contributed by atoms with Crippen LogP contribution in [-0.4, -0.2) is 17.6 Å². The van der Waals surface area contributed by atoms with Crippen LogP contribution in [0.2, 0.25) is 0 Å². The first kappa shape index (κ1) is 13.4. The van der Waals surface area contributed by atoms with E-state index >= 15 is 0 Å². The van der Waals surface area contributed by atoms with E-state index in [1.807, 2.05) is 0 Å². The first-order chi connectivity index (χ1) is 9.86. The van der Waals surface area contributed by atoms with E-state index in [4.69, 9.17) is 9.72 Å². The molecule has 1 saturated carbocycles. The van der Waals surface area contributed by atoms with Gasteiger partial charge >= 0.3 is 0 Å². The number of rotatable bonds is 5. The lowest BCUT2D eigenvalue weighted by atomic mass is 10.1. The molecule has 0 amide bonds. The predicted molar refractivity (Wildman–Crippen MR) is 82.0 cm³/mol. The summed E-state index contributed by atoms with van der Waals surface area (Å²) in [5.41, 5.74) is 1.05. The monoisotopic (exact) mass is 270 g/mol. The van der Waals surface area contributed by atoms with Crippen molar-refractivity contribution in [1.29, 1.82) is 0 Å². The van der Waals surface area contributed by atoms with Crippen molar-refractivity contribution >= 4 is 10.8 Å². The molecule has 1 aliphatic rings. The molecular weight excluding hydrogens is 248 g/mol. The zero-order valence-corrected chi connectivity index (χ0v) is 12.1. The van der Waals surface area contributed by atoms with Crippen LogP contribution in [0.3, 0.4) is 0 Å². The number of ether oxygens (including phenoxy) is 1. The van der Waals surface area contributed by atoms with Gasteiger partial charge in [-0.05, 0) is 49.7 Å².